The first-order valence-electron chi connectivity index (χ1n) is 5.22. The standard InChI is InChI=1S/C13H16O2/c1-4-9-8-11-10(13(9)15-3)6-5-7-12(11)14-2/h5-8,13H,4H2,1-3H3. The van der Waals surface area contributed by atoms with Crippen LogP contribution in [0.2, 0.25) is 0 Å². The van der Waals surface area contributed by atoms with Crippen LogP contribution in [0.15, 0.2) is 23.8 Å². The third kappa shape index (κ3) is 1.55. The van der Waals surface area contributed by atoms with Crippen LogP contribution in [0.4, 0.5) is 0 Å². The van der Waals surface area contributed by atoms with E-state index >= 15 is 0 Å². The molecule has 2 nitrogen and oxygen atoms in total. The highest BCUT2D eigenvalue weighted by atomic mass is 16.5. The third-order valence-corrected chi connectivity index (χ3v) is 2.91. The summed E-state index contributed by atoms with van der Waals surface area (Å²) in [6.07, 6.45) is 3.30. The van der Waals surface area contributed by atoms with E-state index in [1.807, 2.05) is 12.1 Å². The molecule has 0 N–H and O–H groups in total. The Morgan fingerprint density at radius 2 is 2.07 bits per heavy atom. The summed E-state index contributed by atoms with van der Waals surface area (Å²) in [5.74, 6) is 0.929. The van der Waals surface area contributed by atoms with Gasteiger partial charge in [0.25, 0.3) is 0 Å². The minimum Gasteiger partial charge on any atom is -0.496 e. The van der Waals surface area contributed by atoms with Crippen molar-refractivity contribution in [2.75, 3.05) is 14.2 Å². The molecule has 1 atom stereocenters. The molecule has 0 saturated carbocycles. The van der Waals surface area contributed by atoms with Crippen LogP contribution in [0, 0.1) is 0 Å². The number of benzene rings is 1. The first-order chi connectivity index (χ1) is 7.31. The van der Waals surface area contributed by atoms with Crippen molar-refractivity contribution in [1.82, 2.24) is 0 Å². The van der Waals surface area contributed by atoms with Gasteiger partial charge in [0.1, 0.15) is 11.9 Å². The maximum atomic E-state index is 5.52. The van der Waals surface area contributed by atoms with Gasteiger partial charge in [-0.3, -0.25) is 0 Å². The van der Waals surface area contributed by atoms with Crippen molar-refractivity contribution in [3.8, 4) is 5.75 Å². The van der Waals surface area contributed by atoms with Crippen molar-refractivity contribution >= 4 is 6.08 Å². The van der Waals surface area contributed by atoms with Crippen LogP contribution < -0.4 is 4.74 Å². The van der Waals surface area contributed by atoms with E-state index in [-0.39, 0.29) is 6.10 Å². The Labute approximate surface area is 90.5 Å². The van der Waals surface area contributed by atoms with Gasteiger partial charge in [0, 0.05) is 12.7 Å². The highest BCUT2D eigenvalue weighted by molar-refractivity contribution is 5.70. The molecule has 0 aromatic heterocycles. The van der Waals surface area contributed by atoms with Crippen LogP contribution in [-0.2, 0) is 4.74 Å². The average molecular weight is 204 g/mol. The molecule has 80 valence electrons. The maximum absolute atomic E-state index is 5.52. The molecular weight excluding hydrogens is 188 g/mol. The topological polar surface area (TPSA) is 18.5 Å². The first-order valence-corrected chi connectivity index (χ1v) is 5.22. The summed E-state index contributed by atoms with van der Waals surface area (Å²) >= 11 is 0. The quantitative estimate of drug-likeness (QED) is 0.752. The van der Waals surface area contributed by atoms with Crippen molar-refractivity contribution in [2.24, 2.45) is 0 Å². The van der Waals surface area contributed by atoms with E-state index in [0.29, 0.717) is 0 Å². The van der Waals surface area contributed by atoms with E-state index in [4.69, 9.17) is 9.47 Å². The molecule has 0 heterocycles. The molecular formula is C13H16O2. The van der Waals surface area contributed by atoms with Gasteiger partial charge in [-0.1, -0.05) is 19.1 Å². The number of methoxy groups -OCH3 is 2. The van der Waals surface area contributed by atoms with Gasteiger partial charge in [-0.05, 0) is 29.7 Å². The van der Waals surface area contributed by atoms with Gasteiger partial charge in [0.05, 0.1) is 7.11 Å². The van der Waals surface area contributed by atoms with Crippen LogP contribution in [0.5, 0.6) is 5.75 Å². The van der Waals surface area contributed by atoms with Gasteiger partial charge in [-0.2, -0.15) is 0 Å². The minimum atomic E-state index is 0.111. The van der Waals surface area contributed by atoms with E-state index in [1.165, 1.54) is 16.7 Å². The molecule has 0 radical (unpaired) electrons. The second-order valence-electron chi connectivity index (χ2n) is 3.65. The van der Waals surface area contributed by atoms with E-state index in [0.717, 1.165) is 12.2 Å². The van der Waals surface area contributed by atoms with Crippen LogP contribution in [0.1, 0.15) is 30.6 Å². The normalized spacial score (nSPS) is 18.6. The molecule has 0 amide bonds. The van der Waals surface area contributed by atoms with Crippen molar-refractivity contribution in [1.29, 1.82) is 0 Å². The van der Waals surface area contributed by atoms with Gasteiger partial charge < -0.3 is 9.47 Å². The van der Waals surface area contributed by atoms with Crippen LogP contribution >= 0.6 is 0 Å². The molecule has 1 aromatic carbocycles. The summed E-state index contributed by atoms with van der Waals surface area (Å²) in [5, 5.41) is 0. The fourth-order valence-corrected chi connectivity index (χ4v) is 2.15. The minimum absolute atomic E-state index is 0.111. The number of rotatable bonds is 3. The fraction of sp³-hybridized carbons (Fsp3) is 0.385. The van der Waals surface area contributed by atoms with Gasteiger partial charge in [-0.25, -0.2) is 0 Å². The van der Waals surface area contributed by atoms with E-state index in [9.17, 15) is 0 Å². The summed E-state index contributed by atoms with van der Waals surface area (Å²) in [6, 6.07) is 6.10. The zero-order valence-electron chi connectivity index (χ0n) is 9.41. The molecule has 0 aliphatic heterocycles. The lowest BCUT2D eigenvalue weighted by atomic mass is 10.1. The predicted molar refractivity (Wildman–Crippen MR) is 61.0 cm³/mol. The number of hydrogen-bond donors (Lipinski definition) is 0. The van der Waals surface area contributed by atoms with Crippen molar-refractivity contribution in [3.05, 3.63) is 34.9 Å². The first kappa shape index (κ1) is 10.2. The smallest absolute Gasteiger partial charge is 0.126 e. The zero-order chi connectivity index (χ0) is 10.8. The monoisotopic (exact) mass is 204 g/mol. The van der Waals surface area contributed by atoms with Gasteiger partial charge in [0.2, 0.25) is 0 Å². The second-order valence-corrected chi connectivity index (χ2v) is 3.65. The number of ether oxygens (including phenoxy) is 2. The highest BCUT2D eigenvalue weighted by Crippen LogP contribution is 2.41. The zero-order valence-corrected chi connectivity index (χ0v) is 9.41. The average Bonchev–Trinajstić information content (AvgIpc) is 2.66. The fourth-order valence-electron chi connectivity index (χ4n) is 2.15. The molecule has 1 aliphatic carbocycles. The molecule has 0 fully saturated rings. The van der Waals surface area contributed by atoms with E-state index in [1.54, 1.807) is 14.2 Å². The largest absolute Gasteiger partial charge is 0.496 e. The number of fused-ring (bicyclic) bond motifs is 1. The lowest BCUT2D eigenvalue weighted by Crippen LogP contribution is -2.01. The van der Waals surface area contributed by atoms with Crippen LogP contribution in [0.25, 0.3) is 6.08 Å². The van der Waals surface area contributed by atoms with Crippen LogP contribution in [-0.4, -0.2) is 14.2 Å². The SMILES string of the molecule is CCC1=Cc2c(OC)cccc2C1OC. The number of hydrogen-bond acceptors (Lipinski definition) is 2. The molecule has 1 aliphatic rings. The Morgan fingerprint density at radius 1 is 1.27 bits per heavy atom. The molecule has 1 unspecified atom stereocenters. The summed E-state index contributed by atoms with van der Waals surface area (Å²) < 4.78 is 10.9. The Balaban J connectivity index is 2.51. The summed E-state index contributed by atoms with van der Waals surface area (Å²) in [6.45, 7) is 2.15. The molecule has 2 rings (SSSR count). The van der Waals surface area contributed by atoms with E-state index in [2.05, 4.69) is 19.1 Å². The summed E-state index contributed by atoms with van der Waals surface area (Å²) in [7, 11) is 3.46. The Morgan fingerprint density at radius 3 is 2.67 bits per heavy atom. The second kappa shape index (κ2) is 4.07. The predicted octanol–water partition coefficient (Wildman–Crippen LogP) is 3.19. The molecule has 0 bridgehead atoms. The van der Waals surface area contributed by atoms with Crippen molar-refractivity contribution < 1.29 is 9.47 Å². The Bertz CT molecular complexity index is 394. The Kier molecular flexibility index (Phi) is 2.78. The molecule has 1 aromatic rings. The third-order valence-electron chi connectivity index (χ3n) is 2.91. The van der Waals surface area contributed by atoms with Crippen molar-refractivity contribution in [3.63, 3.8) is 0 Å². The van der Waals surface area contributed by atoms with Crippen LogP contribution in [0.3, 0.4) is 0 Å². The van der Waals surface area contributed by atoms with Gasteiger partial charge in [0.15, 0.2) is 0 Å². The summed E-state index contributed by atoms with van der Waals surface area (Å²) in [4.78, 5) is 0. The lowest BCUT2D eigenvalue weighted by Gasteiger charge is -2.14. The maximum Gasteiger partial charge on any atom is 0.126 e. The molecule has 15 heavy (non-hydrogen) atoms. The van der Waals surface area contributed by atoms with Crippen molar-refractivity contribution in [2.45, 2.75) is 19.4 Å². The van der Waals surface area contributed by atoms with E-state index < -0.39 is 0 Å². The molecule has 0 saturated heterocycles. The Hall–Kier alpha value is -1.28. The highest BCUT2D eigenvalue weighted by Gasteiger charge is 2.25. The molecule has 0 spiro atoms. The summed E-state index contributed by atoms with van der Waals surface area (Å²) in [5.41, 5.74) is 3.70. The van der Waals surface area contributed by atoms with Gasteiger partial charge in [-0.15, -0.1) is 0 Å². The van der Waals surface area contributed by atoms with Gasteiger partial charge >= 0.3 is 0 Å². The lowest BCUT2D eigenvalue weighted by molar-refractivity contribution is 0.133. The molecule has 2 heteroatoms.